The number of likely N-dealkylation sites (tertiary alicyclic amines) is 2. The maximum Gasteiger partial charge on any atom is 0.471 e. The van der Waals surface area contributed by atoms with Crippen molar-refractivity contribution in [1.29, 1.82) is 0 Å². The van der Waals surface area contributed by atoms with Crippen molar-refractivity contribution in [3.8, 4) is 0 Å². The summed E-state index contributed by atoms with van der Waals surface area (Å²) in [5.41, 5.74) is 0.877. The van der Waals surface area contributed by atoms with Crippen LogP contribution in [0.3, 0.4) is 0 Å². The van der Waals surface area contributed by atoms with Crippen LogP contribution in [0.25, 0.3) is 11.0 Å². The first-order chi connectivity index (χ1) is 20.1. The van der Waals surface area contributed by atoms with E-state index in [0.717, 1.165) is 41.6 Å². The van der Waals surface area contributed by atoms with Gasteiger partial charge in [0.25, 0.3) is 5.91 Å². The van der Waals surface area contributed by atoms with Crippen molar-refractivity contribution < 1.29 is 32.0 Å². The van der Waals surface area contributed by atoms with Crippen LogP contribution in [0.1, 0.15) is 50.0 Å². The number of nitrogens with zero attached hydrogens (tertiary/aromatic N) is 4. The molecule has 1 aromatic heterocycles. The number of amides is 3. The second kappa shape index (κ2) is 9.98. The molecule has 1 saturated carbocycles. The van der Waals surface area contributed by atoms with Gasteiger partial charge in [-0.25, -0.2) is 0 Å². The van der Waals surface area contributed by atoms with E-state index in [1.54, 1.807) is 11.2 Å². The first-order valence-corrected chi connectivity index (χ1v) is 14.8. The third-order valence-electron chi connectivity index (χ3n) is 9.61. The van der Waals surface area contributed by atoms with Gasteiger partial charge >= 0.3 is 12.1 Å². The summed E-state index contributed by atoms with van der Waals surface area (Å²) >= 11 is 0. The van der Waals surface area contributed by atoms with Crippen LogP contribution >= 0.6 is 0 Å². The molecule has 8 nitrogen and oxygen atoms in total. The summed E-state index contributed by atoms with van der Waals surface area (Å²) in [7, 11) is 0. The molecule has 1 spiro atoms. The van der Waals surface area contributed by atoms with Gasteiger partial charge in [0.05, 0.1) is 6.26 Å². The van der Waals surface area contributed by atoms with Crippen LogP contribution in [0.2, 0.25) is 0 Å². The number of carbonyl (C=O) groups is 3. The second-order valence-corrected chi connectivity index (χ2v) is 12.5. The molecule has 5 aliphatic rings. The molecule has 0 bridgehead atoms. The smallest absolute Gasteiger partial charge is 0.464 e. The largest absolute Gasteiger partial charge is 0.471 e. The van der Waals surface area contributed by atoms with E-state index in [9.17, 15) is 27.6 Å². The lowest BCUT2D eigenvalue weighted by molar-refractivity contribution is -0.187. The topological polar surface area (TPSA) is 86.4 Å². The third-order valence-corrected chi connectivity index (χ3v) is 9.61. The maximum absolute atomic E-state index is 14.0. The minimum Gasteiger partial charge on any atom is -0.464 e. The molecule has 1 aromatic carbocycles. The average molecular weight is 583 g/mol. The van der Waals surface area contributed by atoms with Crippen molar-refractivity contribution in [2.24, 2.45) is 22.7 Å². The zero-order chi connectivity index (χ0) is 29.2. The Kier molecular flexibility index (Phi) is 6.47. The molecule has 3 amide bonds. The van der Waals surface area contributed by atoms with E-state index < -0.39 is 17.6 Å². The fourth-order valence-electron chi connectivity index (χ4n) is 6.97. The monoisotopic (exact) mass is 582 g/mol. The zero-order valence-electron chi connectivity index (χ0n) is 23.2. The molecular weight excluding hydrogens is 549 g/mol. The number of alkyl halides is 3. The molecular formula is C31H33F3N4O4. The van der Waals surface area contributed by atoms with Crippen LogP contribution in [-0.2, 0) is 14.4 Å². The number of furan rings is 1. The number of amidine groups is 1. The zero-order valence-corrected chi connectivity index (χ0v) is 23.2. The maximum atomic E-state index is 14.0. The SMILES string of the molecule is O=C(C1CC1)N1CC(CN2C(=O)C3(CCN(C(=O)C(F)(F)F)CC3)N=C2C2C=CC(c3ccc4occc4c3)CC2)C1. The molecule has 222 valence electrons. The van der Waals surface area contributed by atoms with Crippen molar-refractivity contribution in [2.75, 3.05) is 32.7 Å². The van der Waals surface area contributed by atoms with Crippen molar-refractivity contribution in [3.63, 3.8) is 0 Å². The van der Waals surface area contributed by atoms with Gasteiger partial charge in [-0.3, -0.25) is 24.3 Å². The summed E-state index contributed by atoms with van der Waals surface area (Å²) in [5, 5.41) is 1.05. The summed E-state index contributed by atoms with van der Waals surface area (Å²) in [6, 6.07) is 8.12. The quantitative estimate of drug-likeness (QED) is 0.486. The molecule has 2 unspecified atom stereocenters. The summed E-state index contributed by atoms with van der Waals surface area (Å²) in [6.07, 6.45) is 4.66. The standard InChI is InChI=1S/C31H33F3N4O4/c32-31(33,34)29(41)36-12-10-30(11-13-36)28(40)38(18-19-16-37(17-19)27(39)22-5-6-22)26(35-30)21-3-1-20(2-4-21)23-7-8-25-24(15-23)9-14-42-25/h1,3,7-9,14-15,19-22H,2,4-6,10-13,16-18H2. The minimum absolute atomic E-state index is 0.0639. The summed E-state index contributed by atoms with van der Waals surface area (Å²) < 4.78 is 44.6. The van der Waals surface area contributed by atoms with Gasteiger partial charge in [-0.05, 0) is 62.3 Å². The number of carbonyl (C=O) groups excluding carboxylic acids is 3. The van der Waals surface area contributed by atoms with Gasteiger partial charge < -0.3 is 14.2 Å². The lowest BCUT2D eigenvalue weighted by atomic mass is 9.83. The van der Waals surface area contributed by atoms with Gasteiger partial charge in [0.1, 0.15) is 17.0 Å². The average Bonchev–Trinajstić information content (AvgIpc) is 3.65. The van der Waals surface area contributed by atoms with E-state index in [2.05, 4.69) is 24.3 Å². The van der Waals surface area contributed by atoms with Crippen LogP contribution in [0.5, 0.6) is 0 Å². The predicted octanol–water partition coefficient (Wildman–Crippen LogP) is 4.52. The number of allylic oxidation sites excluding steroid dienone is 1. The highest BCUT2D eigenvalue weighted by molar-refractivity contribution is 6.10. The van der Waals surface area contributed by atoms with Crippen LogP contribution in [-0.4, -0.2) is 82.7 Å². The lowest BCUT2D eigenvalue weighted by Gasteiger charge is -2.42. The molecule has 2 aliphatic carbocycles. The van der Waals surface area contributed by atoms with Crippen molar-refractivity contribution >= 4 is 34.5 Å². The molecule has 0 radical (unpaired) electrons. The minimum atomic E-state index is -4.94. The van der Waals surface area contributed by atoms with Crippen LogP contribution < -0.4 is 0 Å². The Morgan fingerprint density at radius 3 is 2.36 bits per heavy atom. The Hall–Kier alpha value is -3.63. The Labute approximate surface area is 241 Å². The number of hydrogen-bond acceptors (Lipinski definition) is 5. The van der Waals surface area contributed by atoms with Gasteiger partial charge in [0.2, 0.25) is 5.91 Å². The fraction of sp³-hybridized carbons (Fsp3) is 0.548. The van der Waals surface area contributed by atoms with Crippen LogP contribution in [0.4, 0.5) is 13.2 Å². The van der Waals surface area contributed by atoms with E-state index in [4.69, 9.17) is 9.41 Å². The van der Waals surface area contributed by atoms with Gasteiger partial charge in [-0.1, -0.05) is 18.2 Å². The van der Waals surface area contributed by atoms with Crippen LogP contribution in [0, 0.1) is 17.8 Å². The summed E-state index contributed by atoms with van der Waals surface area (Å²) in [5.74, 6) is -0.793. The Bertz CT molecular complexity index is 1480. The molecule has 11 heteroatoms. The first kappa shape index (κ1) is 27.2. The molecule has 2 aromatic rings. The number of hydrogen-bond donors (Lipinski definition) is 0. The van der Waals surface area contributed by atoms with E-state index in [0.29, 0.717) is 25.5 Å². The van der Waals surface area contributed by atoms with E-state index in [1.165, 1.54) is 5.56 Å². The first-order valence-electron chi connectivity index (χ1n) is 14.8. The Morgan fingerprint density at radius 2 is 1.69 bits per heavy atom. The molecule has 0 N–H and O–H groups in total. The molecule has 42 heavy (non-hydrogen) atoms. The van der Waals surface area contributed by atoms with Crippen LogP contribution in [0.15, 0.2) is 52.1 Å². The highest BCUT2D eigenvalue weighted by Crippen LogP contribution is 2.41. The lowest BCUT2D eigenvalue weighted by Crippen LogP contribution is -2.57. The predicted molar refractivity (Wildman–Crippen MR) is 147 cm³/mol. The molecule has 3 fully saturated rings. The molecule has 7 rings (SSSR count). The molecule has 3 aliphatic heterocycles. The third kappa shape index (κ3) is 4.80. The summed E-state index contributed by atoms with van der Waals surface area (Å²) in [6.45, 7) is 1.31. The highest BCUT2D eigenvalue weighted by Gasteiger charge is 2.54. The number of rotatable bonds is 5. The molecule has 2 atom stereocenters. The molecule has 4 heterocycles. The number of piperidine rings is 1. The van der Waals surface area contributed by atoms with E-state index in [-0.39, 0.29) is 61.4 Å². The van der Waals surface area contributed by atoms with Gasteiger partial charge in [0, 0.05) is 61.8 Å². The number of benzene rings is 1. The van der Waals surface area contributed by atoms with Crippen molar-refractivity contribution in [1.82, 2.24) is 14.7 Å². The number of halogens is 3. The van der Waals surface area contributed by atoms with Gasteiger partial charge in [-0.15, -0.1) is 0 Å². The Balaban J connectivity index is 1.10. The van der Waals surface area contributed by atoms with Crippen molar-refractivity contribution in [3.05, 3.63) is 48.2 Å². The second-order valence-electron chi connectivity index (χ2n) is 12.5. The molecule has 2 saturated heterocycles. The number of aliphatic imine (C=N–C) groups is 1. The van der Waals surface area contributed by atoms with E-state index in [1.807, 2.05) is 17.0 Å². The highest BCUT2D eigenvalue weighted by atomic mass is 19.4. The Morgan fingerprint density at radius 1 is 0.976 bits per heavy atom. The normalized spacial score (nSPS) is 26.2. The van der Waals surface area contributed by atoms with Gasteiger partial charge in [0.15, 0.2) is 0 Å². The van der Waals surface area contributed by atoms with E-state index >= 15 is 0 Å². The van der Waals surface area contributed by atoms with Gasteiger partial charge in [-0.2, -0.15) is 13.2 Å². The fourth-order valence-corrected chi connectivity index (χ4v) is 6.97. The van der Waals surface area contributed by atoms with Crippen molar-refractivity contribution in [2.45, 2.75) is 56.2 Å². The number of fused-ring (bicyclic) bond motifs is 1. The summed E-state index contributed by atoms with van der Waals surface area (Å²) in [4.78, 5) is 47.6.